The van der Waals surface area contributed by atoms with Gasteiger partial charge in [0, 0.05) is 5.56 Å². The maximum Gasteiger partial charge on any atom is 0.261 e. The fraction of sp³-hybridized carbons (Fsp3) is 0.275. The molecule has 11 heteroatoms. The number of hydrogen-bond acceptors (Lipinski definition) is 8. The summed E-state index contributed by atoms with van der Waals surface area (Å²) in [6.07, 6.45) is 3.02. The first-order chi connectivity index (χ1) is 24.7. The normalized spacial score (nSPS) is 16.6. The quantitative estimate of drug-likeness (QED) is 0.148. The summed E-state index contributed by atoms with van der Waals surface area (Å²) in [6, 6.07) is 33.3. The fourth-order valence-electron chi connectivity index (χ4n) is 7.08. The van der Waals surface area contributed by atoms with Gasteiger partial charge in [-0.2, -0.15) is 9.49 Å². The number of rotatable bonds is 10. The second-order valence-electron chi connectivity index (χ2n) is 13.8. The van der Waals surface area contributed by atoms with Crippen molar-refractivity contribution in [3.8, 4) is 28.5 Å². The molecule has 51 heavy (non-hydrogen) atoms. The molecular weight excluding hydrogens is 662 g/mol. The lowest BCUT2D eigenvalue weighted by atomic mass is 10.1. The molecule has 0 saturated carbocycles. The average Bonchev–Trinajstić information content (AvgIpc) is 3.55. The van der Waals surface area contributed by atoms with E-state index in [1.165, 1.54) is 23.8 Å². The number of halogens is 1. The van der Waals surface area contributed by atoms with Crippen LogP contribution in [-0.2, 0) is 9.16 Å². The first-order valence-corrected chi connectivity index (χ1v) is 19.1. The summed E-state index contributed by atoms with van der Waals surface area (Å²) in [5.41, 5.74) is 8.52. The number of nitrogens with zero attached hydrogens (tertiary/aromatic N) is 4. The van der Waals surface area contributed by atoms with E-state index in [1.807, 2.05) is 16.8 Å². The number of hydrogen-bond donors (Lipinski definition) is 1. The van der Waals surface area contributed by atoms with Gasteiger partial charge < -0.3 is 24.4 Å². The topological polar surface area (TPSA) is 107 Å². The van der Waals surface area contributed by atoms with Crippen LogP contribution in [0.25, 0.3) is 22.3 Å². The number of nitrogens with two attached hydrogens (primary N) is 1. The standard InChI is InChI=1S/C40H42FN5O4Si/c1-40(2,3)51(31-12-7-5-8-13-31,32-14-9-6-10-15-32)49-25-30-23-20-28(24-48-30)46-39-35(38(42)43-26-44-39)37(45-46)27-18-21-29(22-19-27)50-34-17-11-16-33(47-4)36(34)41/h5-19,21-22,26,28,30H,20,23-25H2,1-4H3,(H2,42,43,44). The van der Waals surface area contributed by atoms with Crippen LogP contribution in [0.5, 0.6) is 17.2 Å². The minimum Gasteiger partial charge on any atom is -0.494 e. The molecule has 9 nitrogen and oxygen atoms in total. The van der Waals surface area contributed by atoms with Gasteiger partial charge in [-0.3, -0.25) is 0 Å². The molecule has 1 aliphatic rings. The zero-order valence-electron chi connectivity index (χ0n) is 29.3. The van der Waals surface area contributed by atoms with Gasteiger partial charge in [-0.1, -0.05) is 87.5 Å². The molecule has 0 aliphatic carbocycles. The van der Waals surface area contributed by atoms with Crippen LogP contribution < -0.4 is 25.6 Å². The number of fused-ring (bicyclic) bond motifs is 1. The Bertz CT molecular complexity index is 2060. The maximum atomic E-state index is 14.7. The van der Waals surface area contributed by atoms with Crippen molar-refractivity contribution < 1.29 is 23.0 Å². The number of aromatic nitrogens is 4. The van der Waals surface area contributed by atoms with E-state index < -0.39 is 14.1 Å². The number of anilines is 1. The van der Waals surface area contributed by atoms with E-state index in [1.54, 1.807) is 30.3 Å². The highest BCUT2D eigenvalue weighted by Crippen LogP contribution is 2.39. The van der Waals surface area contributed by atoms with E-state index in [0.29, 0.717) is 41.5 Å². The summed E-state index contributed by atoms with van der Waals surface area (Å²) < 4.78 is 41.2. The smallest absolute Gasteiger partial charge is 0.261 e. The SMILES string of the molecule is COc1cccc(Oc2ccc(-c3nn(C4CCC(CO[Si](c5ccccc5)(c5ccccc5)C(C)(C)C)OC4)c4ncnc(N)c34)cc2)c1F. The van der Waals surface area contributed by atoms with Gasteiger partial charge in [-0.15, -0.1) is 0 Å². The highest BCUT2D eigenvalue weighted by molar-refractivity contribution is 6.99. The molecular formula is C40H42FN5O4Si. The number of benzene rings is 4. The molecule has 6 aromatic rings. The van der Waals surface area contributed by atoms with Gasteiger partial charge in [0.25, 0.3) is 8.32 Å². The lowest BCUT2D eigenvalue weighted by Crippen LogP contribution is -2.67. The number of methoxy groups -OCH3 is 1. The Morgan fingerprint density at radius 3 is 2.14 bits per heavy atom. The number of ether oxygens (including phenoxy) is 3. The van der Waals surface area contributed by atoms with Crippen molar-refractivity contribution in [2.75, 3.05) is 26.1 Å². The molecule has 3 heterocycles. The van der Waals surface area contributed by atoms with Crippen molar-refractivity contribution in [1.82, 2.24) is 19.7 Å². The molecule has 7 rings (SSSR count). The van der Waals surface area contributed by atoms with E-state index >= 15 is 0 Å². The Morgan fingerprint density at radius 2 is 1.53 bits per heavy atom. The molecule has 262 valence electrons. The molecule has 2 aromatic heterocycles. The summed E-state index contributed by atoms with van der Waals surface area (Å²) in [6.45, 7) is 7.80. The van der Waals surface area contributed by atoms with E-state index in [0.717, 1.165) is 18.4 Å². The number of nitrogen functional groups attached to an aromatic ring is 1. The van der Waals surface area contributed by atoms with Gasteiger partial charge in [0.1, 0.15) is 23.6 Å². The van der Waals surface area contributed by atoms with E-state index in [4.69, 9.17) is 29.5 Å². The van der Waals surface area contributed by atoms with Crippen molar-refractivity contribution in [2.45, 2.75) is 50.8 Å². The third-order valence-corrected chi connectivity index (χ3v) is 14.6. The molecule has 1 fully saturated rings. The first-order valence-electron chi connectivity index (χ1n) is 17.2. The fourth-order valence-corrected chi connectivity index (χ4v) is 11.7. The minimum atomic E-state index is -2.69. The predicted molar refractivity (Wildman–Crippen MR) is 200 cm³/mol. The average molecular weight is 704 g/mol. The van der Waals surface area contributed by atoms with Gasteiger partial charge >= 0.3 is 0 Å². The van der Waals surface area contributed by atoms with Gasteiger partial charge in [-0.25, -0.2) is 14.6 Å². The zero-order valence-corrected chi connectivity index (χ0v) is 30.3. The predicted octanol–water partition coefficient (Wildman–Crippen LogP) is 7.31. The van der Waals surface area contributed by atoms with Crippen LogP contribution in [0.2, 0.25) is 5.04 Å². The highest BCUT2D eigenvalue weighted by Gasteiger charge is 2.50. The van der Waals surface area contributed by atoms with Crippen molar-refractivity contribution >= 4 is 35.5 Å². The third-order valence-electron chi connectivity index (χ3n) is 9.62. The zero-order chi connectivity index (χ0) is 35.6. The van der Waals surface area contributed by atoms with Crippen LogP contribution in [-0.4, -0.2) is 54.5 Å². The Balaban J connectivity index is 1.10. The Labute approximate surface area is 298 Å². The Hall–Kier alpha value is -5.10. The monoisotopic (exact) mass is 703 g/mol. The third kappa shape index (κ3) is 6.60. The van der Waals surface area contributed by atoms with E-state index in [2.05, 4.69) is 91.4 Å². The molecule has 1 aliphatic heterocycles. The van der Waals surface area contributed by atoms with Gasteiger partial charge in [0.2, 0.25) is 5.82 Å². The lowest BCUT2D eigenvalue weighted by Gasteiger charge is -2.44. The van der Waals surface area contributed by atoms with Crippen LogP contribution >= 0.6 is 0 Å². The lowest BCUT2D eigenvalue weighted by molar-refractivity contribution is -0.0369. The molecule has 2 atom stereocenters. The summed E-state index contributed by atoms with van der Waals surface area (Å²) in [4.78, 5) is 8.87. The summed E-state index contributed by atoms with van der Waals surface area (Å²) in [5, 5.41) is 8.07. The molecule has 0 spiro atoms. The van der Waals surface area contributed by atoms with E-state index in [-0.39, 0.29) is 28.7 Å². The molecule has 0 radical (unpaired) electrons. The van der Waals surface area contributed by atoms with Gasteiger partial charge in [0.05, 0.1) is 37.9 Å². The minimum absolute atomic E-state index is 0.0571. The van der Waals surface area contributed by atoms with Crippen LogP contribution in [0.15, 0.2) is 109 Å². The molecule has 1 saturated heterocycles. The van der Waals surface area contributed by atoms with Crippen LogP contribution in [0.1, 0.15) is 39.7 Å². The molecule has 4 aromatic carbocycles. The van der Waals surface area contributed by atoms with Crippen LogP contribution in [0.4, 0.5) is 10.2 Å². The Morgan fingerprint density at radius 1 is 0.863 bits per heavy atom. The van der Waals surface area contributed by atoms with Crippen molar-refractivity contribution in [3.63, 3.8) is 0 Å². The molecule has 0 amide bonds. The van der Waals surface area contributed by atoms with Gasteiger partial charge in [-0.05, 0) is 64.7 Å². The van der Waals surface area contributed by atoms with Crippen molar-refractivity contribution in [1.29, 1.82) is 0 Å². The second-order valence-corrected chi connectivity index (χ2v) is 18.1. The highest BCUT2D eigenvalue weighted by atomic mass is 28.4. The van der Waals surface area contributed by atoms with Gasteiger partial charge in [0.15, 0.2) is 17.1 Å². The second kappa shape index (κ2) is 14.3. The molecule has 2 N–H and O–H groups in total. The summed E-state index contributed by atoms with van der Waals surface area (Å²) in [5.74, 6) is 0.424. The van der Waals surface area contributed by atoms with Crippen LogP contribution in [0.3, 0.4) is 0 Å². The first kappa shape index (κ1) is 34.4. The molecule has 2 unspecified atom stereocenters. The molecule has 0 bridgehead atoms. The van der Waals surface area contributed by atoms with E-state index in [9.17, 15) is 4.39 Å². The summed E-state index contributed by atoms with van der Waals surface area (Å²) in [7, 11) is -1.27. The van der Waals surface area contributed by atoms with Crippen LogP contribution in [0, 0.1) is 5.82 Å². The van der Waals surface area contributed by atoms with Crippen molar-refractivity contribution in [3.05, 3.63) is 115 Å². The Kier molecular flexibility index (Phi) is 9.60. The summed E-state index contributed by atoms with van der Waals surface area (Å²) >= 11 is 0. The maximum absolute atomic E-state index is 14.7. The largest absolute Gasteiger partial charge is 0.494 e. The van der Waals surface area contributed by atoms with Crippen molar-refractivity contribution in [2.24, 2.45) is 0 Å².